The van der Waals surface area contributed by atoms with Gasteiger partial charge in [-0.2, -0.15) is 0 Å². The highest BCUT2D eigenvalue weighted by atomic mass is 35.5. The zero-order chi connectivity index (χ0) is 27.2. The van der Waals surface area contributed by atoms with Crippen molar-refractivity contribution in [1.29, 1.82) is 0 Å². The highest BCUT2D eigenvalue weighted by Crippen LogP contribution is 2.28. The van der Waals surface area contributed by atoms with Gasteiger partial charge in [0.15, 0.2) is 0 Å². The number of nitrogens with one attached hydrogen (secondary N) is 1. The minimum atomic E-state index is -4.02. The van der Waals surface area contributed by atoms with E-state index in [0.717, 1.165) is 16.6 Å². The molecule has 10 nitrogen and oxygen atoms in total. The zero-order valence-corrected chi connectivity index (χ0v) is 22.5. The van der Waals surface area contributed by atoms with Gasteiger partial charge in [0.2, 0.25) is 21.8 Å². The summed E-state index contributed by atoms with van der Waals surface area (Å²) in [5, 5.41) is 14.5. The summed E-state index contributed by atoms with van der Waals surface area (Å²) in [5.74, 6) is -0.856. The molecule has 0 saturated carbocycles. The Morgan fingerprint density at radius 1 is 1.14 bits per heavy atom. The van der Waals surface area contributed by atoms with Gasteiger partial charge in [-0.15, -0.1) is 0 Å². The number of nitrogens with zero attached hydrogens (tertiary/aromatic N) is 3. The lowest BCUT2D eigenvalue weighted by Crippen LogP contribution is -2.51. The summed E-state index contributed by atoms with van der Waals surface area (Å²) >= 11 is 6.09. The van der Waals surface area contributed by atoms with Gasteiger partial charge < -0.3 is 10.2 Å². The van der Waals surface area contributed by atoms with Crippen LogP contribution in [0, 0.1) is 23.0 Å². The van der Waals surface area contributed by atoms with Gasteiger partial charge in [0.25, 0.3) is 5.69 Å². The molecule has 2 aromatic carbocycles. The monoisotopic (exact) mass is 538 g/mol. The van der Waals surface area contributed by atoms with Crippen molar-refractivity contribution in [3.8, 4) is 0 Å². The molecular weight excluding hydrogens is 508 g/mol. The van der Waals surface area contributed by atoms with Crippen LogP contribution in [0.5, 0.6) is 0 Å². The fourth-order valence-corrected chi connectivity index (χ4v) is 4.55. The first-order valence-electron chi connectivity index (χ1n) is 11.2. The second-order valence-corrected chi connectivity index (χ2v) is 11.3. The van der Waals surface area contributed by atoms with Crippen molar-refractivity contribution in [2.45, 2.75) is 40.3 Å². The number of rotatable bonds is 11. The number of halogens is 1. The highest BCUT2D eigenvalue weighted by Gasteiger charge is 2.31. The average Bonchev–Trinajstić information content (AvgIpc) is 2.78. The summed E-state index contributed by atoms with van der Waals surface area (Å²) in [6, 6.07) is 9.64. The third kappa shape index (κ3) is 7.92. The molecule has 0 saturated heterocycles. The van der Waals surface area contributed by atoms with Crippen LogP contribution in [0.3, 0.4) is 0 Å². The van der Waals surface area contributed by atoms with E-state index in [1.165, 1.54) is 17.0 Å². The van der Waals surface area contributed by atoms with Crippen LogP contribution in [0.15, 0.2) is 42.5 Å². The number of sulfonamides is 1. The average molecular weight is 539 g/mol. The molecular formula is C24H31ClN4O6S. The van der Waals surface area contributed by atoms with Crippen molar-refractivity contribution in [2.24, 2.45) is 5.92 Å². The zero-order valence-electron chi connectivity index (χ0n) is 20.9. The number of nitro groups is 1. The van der Waals surface area contributed by atoms with Crippen molar-refractivity contribution in [3.63, 3.8) is 0 Å². The quantitative estimate of drug-likeness (QED) is 0.344. The molecule has 0 fully saturated rings. The summed E-state index contributed by atoms with van der Waals surface area (Å²) < 4.78 is 26.2. The largest absolute Gasteiger partial charge is 0.354 e. The van der Waals surface area contributed by atoms with Gasteiger partial charge in [-0.1, -0.05) is 43.6 Å². The second-order valence-electron chi connectivity index (χ2n) is 8.96. The molecule has 0 aliphatic carbocycles. The molecule has 0 heterocycles. The number of hydrogen-bond donors (Lipinski definition) is 1. The van der Waals surface area contributed by atoms with Crippen LogP contribution in [-0.2, 0) is 26.2 Å². The summed E-state index contributed by atoms with van der Waals surface area (Å²) in [4.78, 5) is 38.3. The van der Waals surface area contributed by atoms with E-state index in [1.54, 1.807) is 38.1 Å². The van der Waals surface area contributed by atoms with E-state index < -0.39 is 39.3 Å². The van der Waals surface area contributed by atoms with Crippen LogP contribution in [0.4, 0.5) is 11.4 Å². The Bertz CT molecular complexity index is 1230. The lowest BCUT2D eigenvalue weighted by molar-refractivity contribution is -0.384. The van der Waals surface area contributed by atoms with E-state index in [-0.39, 0.29) is 23.8 Å². The van der Waals surface area contributed by atoms with Gasteiger partial charge in [-0.3, -0.25) is 24.0 Å². The normalized spacial score (nSPS) is 12.2. The minimum Gasteiger partial charge on any atom is -0.354 e. The van der Waals surface area contributed by atoms with Crippen LogP contribution in [0.25, 0.3) is 0 Å². The fraction of sp³-hybridized carbons (Fsp3) is 0.417. The number of nitro benzene ring substituents is 1. The van der Waals surface area contributed by atoms with E-state index in [9.17, 15) is 28.1 Å². The van der Waals surface area contributed by atoms with E-state index in [1.807, 2.05) is 13.8 Å². The van der Waals surface area contributed by atoms with Gasteiger partial charge in [0.1, 0.15) is 12.6 Å². The maximum atomic E-state index is 13.6. The fourth-order valence-electron chi connectivity index (χ4n) is 3.44. The van der Waals surface area contributed by atoms with Crippen molar-refractivity contribution in [1.82, 2.24) is 10.2 Å². The number of non-ortho nitro benzene ring substituents is 1. The number of carbonyl (C=O) groups is 2. The van der Waals surface area contributed by atoms with Gasteiger partial charge >= 0.3 is 0 Å². The third-order valence-electron chi connectivity index (χ3n) is 5.45. The Hall–Kier alpha value is -3.18. The lowest BCUT2D eigenvalue weighted by Gasteiger charge is -2.32. The van der Waals surface area contributed by atoms with Gasteiger partial charge in [-0.05, 0) is 43.0 Å². The summed E-state index contributed by atoms with van der Waals surface area (Å²) in [6.45, 7) is 6.78. The predicted molar refractivity (Wildman–Crippen MR) is 139 cm³/mol. The van der Waals surface area contributed by atoms with Crippen molar-refractivity contribution in [3.05, 3.63) is 68.7 Å². The molecule has 2 amide bonds. The van der Waals surface area contributed by atoms with Crippen LogP contribution in [0.2, 0.25) is 5.02 Å². The molecule has 0 aromatic heterocycles. The first kappa shape index (κ1) is 29.1. The van der Waals surface area contributed by atoms with E-state index in [2.05, 4.69) is 5.32 Å². The van der Waals surface area contributed by atoms with Crippen LogP contribution < -0.4 is 9.62 Å². The van der Waals surface area contributed by atoms with E-state index >= 15 is 0 Å². The molecule has 0 spiro atoms. The van der Waals surface area contributed by atoms with Gasteiger partial charge in [0, 0.05) is 30.2 Å². The molecule has 12 heteroatoms. The second kappa shape index (κ2) is 12.2. The van der Waals surface area contributed by atoms with E-state index in [4.69, 9.17) is 11.6 Å². The minimum absolute atomic E-state index is 0.00117. The summed E-state index contributed by atoms with van der Waals surface area (Å²) in [6.07, 6.45) is 0.915. The Labute approximate surface area is 216 Å². The molecule has 1 atom stereocenters. The maximum absolute atomic E-state index is 13.6. The van der Waals surface area contributed by atoms with E-state index in [0.29, 0.717) is 22.7 Å². The summed E-state index contributed by atoms with van der Waals surface area (Å²) in [5.41, 5.74) is 0.785. The van der Waals surface area contributed by atoms with Gasteiger partial charge in [0.05, 0.1) is 16.9 Å². The Morgan fingerprint density at radius 3 is 2.36 bits per heavy atom. The van der Waals surface area contributed by atoms with Crippen LogP contribution >= 0.6 is 11.6 Å². The maximum Gasteiger partial charge on any atom is 0.271 e. The molecule has 0 radical (unpaired) electrons. The molecule has 2 rings (SSSR count). The van der Waals surface area contributed by atoms with Crippen LogP contribution in [0.1, 0.15) is 31.9 Å². The van der Waals surface area contributed by atoms with Crippen molar-refractivity contribution < 1.29 is 22.9 Å². The number of aryl methyl sites for hydroxylation is 1. The van der Waals surface area contributed by atoms with Crippen molar-refractivity contribution >= 4 is 44.8 Å². The molecule has 2 aromatic rings. The van der Waals surface area contributed by atoms with Crippen LogP contribution in [-0.4, -0.2) is 55.4 Å². The molecule has 0 aliphatic rings. The topological polar surface area (TPSA) is 130 Å². The van der Waals surface area contributed by atoms with Gasteiger partial charge in [-0.25, -0.2) is 8.42 Å². The number of benzene rings is 2. The number of amides is 2. The number of anilines is 1. The summed E-state index contributed by atoms with van der Waals surface area (Å²) in [7, 11) is -4.02. The molecule has 0 aliphatic heterocycles. The molecule has 0 unspecified atom stereocenters. The Morgan fingerprint density at radius 2 is 1.81 bits per heavy atom. The smallest absolute Gasteiger partial charge is 0.271 e. The predicted octanol–water partition coefficient (Wildman–Crippen LogP) is 3.51. The Kier molecular flexibility index (Phi) is 9.83. The number of hydrogen-bond acceptors (Lipinski definition) is 6. The first-order chi connectivity index (χ1) is 16.7. The molecule has 36 heavy (non-hydrogen) atoms. The first-order valence-corrected chi connectivity index (χ1v) is 13.5. The lowest BCUT2D eigenvalue weighted by atomic mass is 10.1. The standard InChI is InChI=1S/C24H31ClN4O6S/c1-16(2)13-26-24(31)18(4)27(14-19-7-6-8-20(25)11-19)23(30)15-28(36(5,34)35)22-12-21(29(32)33)10-9-17(22)3/h6-12,16,18H,13-15H2,1-5H3,(H,26,31)/t18-/m0/s1. The third-order valence-corrected chi connectivity index (χ3v) is 6.81. The number of carbonyl (C=O) groups excluding carboxylic acids is 2. The highest BCUT2D eigenvalue weighted by molar-refractivity contribution is 7.92. The SMILES string of the molecule is Cc1ccc([N+](=O)[O-])cc1N(CC(=O)N(Cc1cccc(Cl)c1)[C@@H](C)C(=O)NCC(C)C)S(C)(=O)=O. The molecule has 0 bridgehead atoms. The molecule has 196 valence electrons. The molecule has 1 N–H and O–H groups in total. The van der Waals surface area contributed by atoms with Crippen molar-refractivity contribution in [2.75, 3.05) is 23.7 Å². The Balaban J connectivity index is 2.46.